The number of anilines is 2. The van der Waals surface area contributed by atoms with E-state index in [-0.39, 0.29) is 12.5 Å². The smallest absolute Gasteiger partial charge is 0.320 e. The first kappa shape index (κ1) is 22.4. The minimum Gasteiger partial charge on any atom is -0.489 e. The van der Waals surface area contributed by atoms with E-state index >= 15 is 0 Å². The van der Waals surface area contributed by atoms with Gasteiger partial charge in [-0.2, -0.15) is 5.10 Å². The molecule has 0 aliphatic carbocycles. The number of amides is 3. The second-order valence-corrected chi connectivity index (χ2v) is 8.65. The lowest BCUT2D eigenvalue weighted by molar-refractivity contribution is -0.120. The third-order valence-electron chi connectivity index (χ3n) is 5.36. The van der Waals surface area contributed by atoms with Gasteiger partial charge in [0.2, 0.25) is 0 Å². The van der Waals surface area contributed by atoms with Gasteiger partial charge in [-0.05, 0) is 54.5 Å². The molecule has 3 heterocycles. The number of hydrogen-bond donors (Lipinski definition) is 2. The Morgan fingerprint density at radius 2 is 2.06 bits per heavy atom. The van der Waals surface area contributed by atoms with Crippen LogP contribution in [0.4, 0.5) is 16.2 Å². The molecule has 10 heteroatoms. The number of halogens is 1. The maximum absolute atomic E-state index is 12.9. The molecule has 174 valence electrons. The summed E-state index contributed by atoms with van der Waals surface area (Å²) >= 11 is 3.40. The number of imidazole rings is 1. The van der Waals surface area contributed by atoms with Gasteiger partial charge in [-0.1, -0.05) is 27.9 Å². The zero-order valence-corrected chi connectivity index (χ0v) is 20.1. The van der Waals surface area contributed by atoms with E-state index in [0.29, 0.717) is 34.0 Å². The molecule has 0 saturated heterocycles. The highest BCUT2D eigenvalue weighted by molar-refractivity contribution is 9.10. The Morgan fingerprint density at radius 3 is 2.94 bits per heavy atom. The Hall–Kier alpha value is -4.36. The lowest BCUT2D eigenvalue weighted by Gasteiger charge is -2.20. The van der Waals surface area contributed by atoms with Crippen LogP contribution in [-0.2, 0) is 4.79 Å². The number of fused-ring (bicyclic) bond motifs is 2. The van der Waals surface area contributed by atoms with Gasteiger partial charge >= 0.3 is 6.03 Å². The van der Waals surface area contributed by atoms with E-state index in [1.165, 1.54) is 4.90 Å². The van der Waals surface area contributed by atoms with Crippen molar-refractivity contribution in [2.45, 2.75) is 6.04 Å². The van der Waals surface area contributed by atoms with Crippen LogP contribution in [-0.4, -0.2) is 46.2 Å². The van der Waals surface area contributed by atoms with Gasteiger partial charge in [-0.3, -0.25) is 4.79 Å². The molecule has 5 rings (SSSR count). The summed E-state index contributed by atoms with van der Waals surface area (Å²) in [7, 11) is 1.65. The Morgan fingerprint density at radius 1 is 1.17 bits per heavy atom. The second kappa shape index (κ2) is 9.48. The molecule has 0 radical (unpaired) electrons. The number of carbonyl (C=O) groups excluding carboxylic acids is 2. The van der Waals surface area contributed by atoms with Crippen LogP contribution >= 0.6 is 15.9 Å². The van der Waals surface area contributed by atoms with Gasteiger partial charge in [0.25, 0.3) is 5.91 Å². The SMILES string of the molecule is CN1C(=O)[C@H](NC(=O)Nc2cccc(C#Cc3cnc4cccnn34)c2)COc2cc(Br)ccc21. The van der Waals surface area contributed by atoms with Crippen molar-refractivity contribution in [1.29, 1.82) is 0 Å². The molecule has 3 amide bonds. The normalized spacial score (nSPS) is 14.9. The Kier molecular flexibility index (Phi) is 6.08. The van der Waals surface area contributed by atoms with Crippen LogP contribution in [0.1, 0.15) is 11.3 Å². The quantitative estimate of drug-likeness (QED) is 0.386. The van der Waals surface area contributed by atoms with E-state index < -0.39 is 12.1 Å². The first-order valence-corrected chi connectivity index (χ1v) is 11.5. The summed E-state index contributed by atoms with van der Waals surface area (Å²) in [4.78, 5) is 31.3. The molecule has 0 fully saturated rings. The van der Waals surface area contributed by atoms with E-state index in [4.69, 9.17) is 4.74 Å². The van der Waals surface area contributed by atoms with E-state index in [1.54, 1.807) is 54.3 Å². The summed E-state index contributed by atoms with van der Waals surface area (Å²) in [6, 6.07) is 14.8. The van der Waals surface area contributed by atoms with Crippen molar-refractivity contribution in [3.05, 3.63) is 82.7 Å². The van der Waals surface area contributed by atoms with Crippen LogP contribution in [0.2, 0.25) is 0 Å². The van der Waals surface area contributed by atoms with Gasteiger partial charge in [0, 0.05) is 29.0 Å². The molecule has 0 spiro atoms. The Labute approximate surface area is 209 Å². The standard InChI is InChI=1S/C25H19BrN6O3/c1-31-21-10-8-17(26)13-22(21)35-15-20(24(31)33)30-25(34)29-18-5-2-4-16(12-18)7-9-19-14-27-23-6-3-11-28-32(19)23/h2-6,8,10-14,20H,15H2,1H3,(H2,29,30,34)/t20-/m1/s1. The lowest BCUT2D eigenvalue weighted by atomic mass is 10.2. The molecule has 1 aliphatic rings. The van der Waals surface area contributed by atoms with Crippen LogP contribution in [0.15, 0.2) is 71.5 Å². The van der Waals surface area contributed by atoms with Crippen LogP contribution in [0, 0.1) is 11.8 Å². The molecule has 35 heavy (non-hydrogen) atoms. The summed E-state index contributed by atoms with van der Waals surface area (Å²) in [6.07, 6.45) is 3.33. The van der Waals surface area contributed by atoms with Gasteiger partial charge in [-0.15, -0.1) is 0 Å². The maximum atomic E-state index is 12.9. The van der Waals surface area contributed by atoms with E-state index in [0.717, 1.165) is 4.47 Å². The number of nitrogens with zero attached hydrogens (tertiary/aromatic N) is 4. The van der Waals surface area contributed by atoms with Crippen molar-refractivity contribution in [3.8, 4) is 17.6 Å². The van der Waals surface area contributed by atoms with Crippen LogP contribution < -0.4 is 20.3 Å². The summed E-state index contributed by atoms with van der Waals surface area (Å²) in [5.74, 6) is 6.40. The number of carbonyl (C=O) groups is 2. The molecule has 2 aromatic carbocycles. The van der Waals surface area contributed by atoms with Gasteiger partial charge in [0.1, 0.15) is 24.1 Å². The van der Waals surface area contributed by atoms with E-state index in [9.17, 15) is 9.59 Å². The number of aromatic nitrogens is 3. The highest BCUT2D eigenvalue weighted by Gasteiger charge is 2.30. The molecule has 4 aromatic rings. The fourth-order valence-corrected chi connectivity index (χ4v) is 3.97. The fourth-order valence-electron chi connectivity index (χ4n) is 3.63. The topological polar surface area (TPSA) is 101 Å². The number of urea groups is 1. The molecule has 0 saturated carbocycles. The summed E-state index contributed by atoms with van der Waals surface area (Å²) in [5.41, 5.74) is 3.23. The highest BCUT2D eigenvalue weighted by atomic mass is 79.9. The molecule has 2 aromatic heterocycles. The van der Waals surface area contributed by atoms with E-state index in [1.807, 2.05) is 24.3 Å². The maximum Gasteiger partial charge on any atom is 0.320 e. The van der Waals surface area contributed by atoms with Crippen LogP contribution in [0.25, 0.3) is 5.65 Å². The van der Waals surface area contributed by atoms with Gasteiger partial charge < -0.3 is 20.3 Å². The van der Waals surface area contributed by atoms with Gasteiger partial charge in [-0.25, -0.2) is 14.3 Å². The number of hydrogen-bond acceptors (Lipinski definition) is 5. The molecule has 0 unspecified atom stereocenters. The average Bonchev–Trinajstić information content (AvgIpc) is 3.23. The van der Waals surface area contributed by atoms with Gasteiger partial charge in [0.05, 0.1) is 11.9 Å². The van der Waals surface area contributed by atoms with Crippen molar-refractivity contribution in [2.24, 2.45) is 0 Å². The number of benzene rings is 2. The van der Waals surface area contributed by atoms with Crippen molar-refractivity contribution >= 4 is 44.9 Å². The fraction of sp³-hybridized carbons (Fsp3) is 0.120. The molecule has 0 bridgehead atoms. The summed E-state index contributed by atoms with van der Waals surface area (Å²) < 4.78 is 8.28. The average molecular weight is 531 g/mol. The molecule has 1 aliphatic heterocycles. The zero-order chi connectivity index (χ0) is 24.4. The zero-order valence-electron chi connectivity index (χ0n) is 18.5. The molecule has 9 nitrogen and oxygen atoms in total. The molecular weight excluding hydrogens is 512 g/mol. The number of nitrogens with one attached hydrogen (secondary N) is 2. The van der Waals surface area contributed by atoms with Crippen molar-refractivity contribution in [1.82, 2.24) is 19.9 Å². The predicted molar refractivity (Wildman–Crippen MR) is 134 cm³/mol. The monoisotopic (exact) mass is 530 g/mol. The van der Waals surface area contributed by atoms with E-state index in [2.05, 4.69) is 48.5 Å². The minimum absolute atomic E-state index is 0.0128. The number of rotatable bonds is 2. The predicted octanol–water partition coefficient (Wildman–Crippen LogP) is 3.44. The Balaban J connectivity index is 1.26. The molecule has 2 N–H and O–H groups in total. The largest absolute Gasteiger partial charge is 0.489 e. The number of ether oxygens (including phenoxy) is 1. The Bertz CT molecular complexity index is 1510. The van der Waals surface area contributed by atoms with Crippen molar-refractivity contribution < 1.29 is 14.3 Å². The summed E-state index contributed by atoms with van der Waals surface area (Å²) in [6.45, 7) is 0.0128. The molecular formula is C25H19BrN6O3. The third kappa shape index (κ3) is 4.81. The minimum atomic E-state index is -0.850. The third-order valence-corrected chi connectivity index (χ3v) is 5.85. The van der Waals surface area contributed by atoms with Crippen molar-refractivity contribution in [2.75, 3.05) is 23.9 Å². The van der Waals surface area contributed by atoms with Crippen LogP contribution in [0.5, 0.6) is 5.75 Å². The summed E-state index contributed by atoms with van der Waals surface area (Å²) in [5, 5.41) is 9.70. The second-order valence-electron chi connectivity index (χ2n) is 7.74. The molecule has 1 atom stereocenters. The van der Waals surface area contributed by atoms with Gasteiger partial charge in [0.15, 0.2) is 5.65 Å². The van der Waals surface area contributed by atoms with Crippen LogP contribution in [0.3, 0.4) is 0 Å². The number of likely N-dealkylation sites (N-methyl/N-ethyl adjacent to an activating group) is 1. The van der Waals surface area contributed by atoms with Crippen molar-refractivity contribution in [3.63, 3.8) is 0 Å². The lowest BCUT2D eigenvalue weighted by Crippen LogP contribution is -2.50. The first-order valence-electron chi connectivity index (χ1n) is 10.7. The highest BCUT2D eigenvalue weighted by Crippen LogP contribution is 2.33. The first-order chi connectivity index (χ1) is 17.0.